The van der Waals surface area contributed by atoms with E-state index >= 15 is 0 Å². The van der Waals surface area contributed by atoms with Gasteiger partial charge in [-0.05, 0) is 49.6 Å². The fraction of sp³-hybridized carbons (Fsp3) is 0.235. The maximum atomic E-state index is 12.4. The van der Waals surface area contributed by atoms with Crippen molar-refractivity contribution in [1.82, 2.24) is 0 Å². The molecule has 6 nitrogen and oxygen atoms in total. The smallest absolute Gasteiger partial charge is 0.293 e. The van der Waals surface area contributed by atoms with Gasteiger partial charge in [0.2, 0.25) is 0 Å². The van der Waals surface area contributed by atoms with E-state index in [2.05, 4.69) is 10.6 Å². The van der Waals surface area contributed by atoms with Crippen LogP contribution in [-0.4, -0.2) is 16.9 Å². The molecular formula is C17H16ClN3O3. The van der Waals surface area contributed by atoms with Gasteiger partial charge in [0.15, 0.2) is 0 Å². The van der Waals surface area contributed by atoms with Crippen LogP contribution in [-0.2, 0) is 0 Å². The molecule has 2 aromatic rings. The van der Waals surface area contributed by atoms with Crippen LogP contribution in [0.2, 0.25) is 5.02 Å². The first-order valence-electron chi connectivity index (χ1n) is 7.57. The molecule has 24 heavy (non-hydrogen) atoms. The fourth-order valence-corrected chi connectivity index (χ4v) is 2.51. The highest BCUT2D eigenvalue weighted by atomic mass is 35.5. The summed E-state index contributed by atoms with van der Waals surface area (Å²) in [6.07, 6.45) is 2.01. The van der Waals surface area contributed by atoms with Gasteiger partial charge in [-0.1, -0.05) is 17.7 Å². The summed E-state index contributed by atoms with van der Waals surface area (Å²) in [5.41, 5.74) is 1.89. The molecule has 0 aliphatic heterocycles. The maximum Gasteiger partial charge on any atom is 0.293 e. The van der Waals surface area contributed by atoms with Crippen LogP contribution in [0.1, 0.15) is 28.8 Å². The molecule has 1 amide bonds. The van der Waals surface area contributed by atoms with Gasteiger partial charge in [0.05, 0.1) is 4.92 Å². The minimum Gasteiger partial charge on any atom is -0.377 e. The Hall–Kier alpha value is -2.60. The summed E-state index contributed by atoms with van der Waals surface area (Å²) in [4.78, 5) is 23.2. The fourth-order valence-electron chi connectivity index (χ4n) is 2.33. The number of anilines is 2. The number of hydrogen-bond acceptors (Lipinski definition) is 4. The first kappa shape index (κ1) is 16.3. The second kappa shape index (κ2) is 6.49. The molecule has 1 saturated carbocycles. The molecule has 124 valence electrons. The summed E-state index contributed by atoms with van der Waals surface area (Å²) < 4.78 is 0. The largest absolute Gasteiger partial charge is 0.377 e. The maximum absolute atomic E-state index is 12.4. The summed E-state index contributed by atoms with van der Waals surface area (Å²) in [5, 5.41) is 17.7. The Morgan fingerprint density at radius 1 is 1.25 bits per heavy atom. The zero-order valence-electron chi connectivity index (χ0n) is 13.0. The van der Waals surface area contributed by atoms with Crippen molar-refractivity contribution < 1.29 is 9.72 Å². The van der Waals surface area contributed by atoms with Crippen molar-refractivity contribution >= 4 is 34.6 Å². The molecule has 2 N–H and O–H groups in total. The Labute approximate surface area is 144 Å². The third-order valence-electron chi connectivity index (χ3n) is 3.91. The van der Waals surface area contributed by atoms with Gasteiger partial charge in [-0.25, -0.2) is 0 Å². The number of carbonyl (C=O) groups excluding carboxylic acids is 1. The van der Waals surface area contributed by atoms with Crippen LogP contribution >= 0.6 is 11.6 Å². The molecule has 7 heteroatoms. The molecule has 0 bridgehead atoms. The molecule has 0 heterocycles. The van der Waals surface area contributed by atoms with E-state index in [4.69, 9.17) is 11.6 Å². The van der Waals surface area contributed by atoms with Crippen LogP contribution in [0.25, 0.3) is 0 Å². The SMILES string of the molecule is Cc1c(Cl)cccc1NC(=O)c1ccc(NC2CC2)c([N+](=O)[O-])c1. The van der Waals surface area contributed by atoms with E-state index in [0.717, 1.165) is 18.4 Å². The quantitative estimate of drug-likeness (QED) is 0.622. The summed E-state index contributed by atoms with van der Waals surface area (Å²) in [6.45, 7) is 1.79. The van der Waals surface area contributed by atoms with Crippen LogP contribution < -0.4 is 10.6 Å². The van der Waals surface area contributed by atoms with Crippen molar-refractivity contribution in [2.75, 3.05) is 10.6 Å². The molecular weight excluding hydrogens is 330 g/mol. The number of hydrogen-bond donors (Lipinski definition) is 2. The van der Waals surface area contributed by atoms with Crippen molar-refractivity contribution in [2.24, 2.45) is 0 Å². The van der Waals surface area contributed by atoms with Crippen LogP contribution in [0.5, 0.6) is 0 Å². The number of nitro groups is 1. The van der Waals surface area contributed by atoms with Crippen molar-refractivity contribution in [1.29, 1.82) is 0 Å². The Balaban J connectivity index is 1.85. The minimum atomic E-state index is -0.480. The highest BCUT2D eigenvalue weighted by Gasteiger charge is 2.25. The third-order valence-corrected chi connectivity index (χ3v) is 4.32. The molecule has 0 unspecified atom stereocenters. The molecule has 1 aliphatic carbocycles. The van der Waals surface area contributed by atoms with E-state index in [0.29, 0.717) is 16.4 Å². The highest BCUT2D eigenvalue weighted by molar-refractivity contribution is 6.31. The topological polar surface area (TPSA) is 84.3 Å². The van der Waals surface area contributed by atoms with Crippen LogP contribution in [0.3, 0.4) is 0 Å². The number of carbonyl (C=O) groups is 1. The number of benzene rings is 2. The van der Waals surface area contributed by atoms with Crippen LogP contribution in [0.4, 0.5) is 17.1 Å². The monoisotopic (exact) mass is 345 g/mol. The lowest BCUT2D eigenvalue weighted by molar-refractivity contribution is -0.384. The first-order valence-corrected chi connectivity index (χ1v) is 7.95. The van der Waals surface area contributed by atoms with Crippen molar-refractivity contribution in [3.05, 3.63) is 62.7 Å². The molecule has 0 saturated heterocycles. The zero-order valence-corrected chi connectivity index (χ0v) is 13.8. The summed E-state index contributed by atoms with van der Waals surface area (Å²) in [6, 6.07) is 9.93. The van der Waals surface area contributed by atoms with Gasteiger partial charge >= 0.3 is 0 Å². The van der Waals surface area contributed by atoms with Crippen molar-refractivity contribution in [2.45, 2.75) is 25.8 Å². The van der Waals surface area contributed by atoms with E-state index in [1.54, 1.807) is 37.3 Å². The van der Waals surface area contributed by atoms with E-state index in [9.17, 15) is 14.9 Å². The molecule has 2 aromatic carbocycles. The predicted octanol–water partition coefficient (Wildman–Crippen LogP) is 4.38. The zero-order chi connectivity index (χ0) is 17.3. The number of amides is 1. The van der Waals surface area contributed by atoms with E-state index in [1.807, 2.05) is 0 Å². The van der Waals surface area contributed by atoms with E-state index in [-0.39, 0.29) is 17.3 Å². The van der Waals surface area contributed by atoms with E-state index in [1.165, 1.54) is 6.07 Å². The van der Waals surface area contributed by atoms with Gasteiger partial charge in [0.1, 0.15) is 5.69 Å². The van der Waals surface area contributed by atoms with Gasteiger partial charge in [-0.15, -0.1) is 0 Å². The number of nitrogens with zero attached hydrogens (tertiary/aromatic N) is 1. The molecule has 1 aliphatic rings. The molecule has 0 atom stereocenters. The van der Waals surface area contributed by atoms with Gasteiger partial charge in [-0.3, -0.25) is 14.9 Å². The second-order valence-electron chi connectivity index (χ2n) is 5.77. The summed E-state index contributed by atoms with van der Waals surface area (Å²) in [7, 11) is 0. The first-order chi connectivity index (χ1) is 11.5. The Morgan fingerprint density at radius 2 is 2.00 bits per heavy atom. The lowest BCUT2D eigenvalue weighted by Crippen LogP contribution is -2.14. The lowest BCUT2D eigenvalue weighted by atomic mass is 10.1. The molecule has 3 rings (SSSR count). The Kier molecular flexibility index (Phi) is 4.40. The van der Waals surface area contributed by atoms with Crippen LogP contribution in [0.15, 0.2) is 36.4 Å². The molecule has 0 aromatic heterocycles. The third kappa shape index (κ3) is 3.49. The van der Waals surface area contributed by atoms with Gasteiger partial charge in [-0.2, -0.15) is 0 Å². The predicted molar refractivity (Wildman–Crippen MR) is 93.9 cm³/mol. The van der Waals surface area contributed by atoms with Crippen molar-refractivity contribution in [3.8, 4) is 0 Å². The average molecular weight is 346 g/mol. The molecule has 0 spiro atoms. The molecule has 0 radical (unpaired) electrons. The number of rotatable bonds is 5. The minimum absolute atomic E-state index is 0.0997. The second-order valence-corrected chi connectivity index (χ2v) is 6.18. The summed E-state index contributed by atoms with van der Waals surface area (Å²) in [5.74, 6) is -0.415. The average Bonchev–Trinajstić information content (AvgIpc) is 3.36. The summed E-state index contributed by atoms with van der Waals surface area (Å²) >= 11 is 6.04. The van der Waals surface area contributed by atoms with Gasteiger partial charge in [0.25, 0.3) is 11.6 Å². The number of halogens is 1. The van der Waals surface area contributed by atoms with Crippen LogP contribution in [0, 0.1) is 17.0 Å². The van der Waals surface area contributed by atoms with Crippen molar-refractivity contribution in [3.63, 3.8) is 0 Å². The Morgan fingerprint density at radius 3 is 2.67 bits per heavy atom. The highest BCUT2D eigenvalue weighted by Crippen LogP contribution is 2.32. The van der Waals surface area contributed by atoms with Gasteiger partial charge in [0, 0.05) is 28.4 Å². The standard InChI is InChI=1S/C17H16ClN3O3/c1-10-13(18)3-2-4-14(10)20-17(22)11-5-8-15(19-12-6-7-12)16(9-11)21(23)24/h2-5,8-9,12,19H,6-7H2,1H3,(H,20,22). The lowest BCUT2D eigenvalue weighted by Gasteiger charge is -2.11. The van der Waals surface area contributed by atoms with Gasteiger partial charge < -0.3 is 10.6 Å². The normalized spacial score (nSPS) is 13.4. The number of nitro benzene ring substituents is 1. The number of nitrogens with one attached hydrogen (secondary N) is 2. The molecule has 1 fully saturated rings. The Bertz CT molecular complexity index is 819. The van der Waals surface area contributed by atoms with E-state index < -0.39 is 10.8 Å².